The Labute approximate surface area is 213 Å². The fraction of sp³-hybridized carbons (Fsp3) is 0.286. The predicted molar refractivity (Wildman–Crippen MR) is 141 cm³/mol. The summed E-state index contributed by atoms with van der Waals surface area (Å²) >= 11 is 1.41. The predicted octanol–water partition coefficient (Wildman–Crippen LogP) is 5.88. The molecule has 36 heavy (non-hydrogen) atoms. The third-order valence-electron chi connectivity index (χ3n) is 6.48. The summed E-state index contributed by atoms with van der Waals surface area (Å²) in [6.45, 7) is 4.17. The van der Waals surface area contributed by atoms with Crippen LogP contribution in [0.5, 0.6) is 0 Å². The van der Waals surface area contributed by atoms with Gasteiger partial charge in [-0.1, -0.05) is 19.4 Å². The van der Waals surface area contributed by atoms with Gasteiger partial charge in [-0.3, -0.25) is 0 Å². The molecule has 1 aromatic carbocycles. The molecule has 5 rings (SSSR count). The molecule has 1 aliphatic rings. The minimum atomic E-state index is -1.25. The average molecular weight is 501 g/mol. The van der Waals surface area contributed by atoms with Gasteiger partial charge < -0.3 is 15.5 Å². The van der Waals surface area contributed by atoms with E-state index in [0.29, 0.717) is 17.2 Å². The highest BCUT2D eigenvalue weighted by molar-refractivity contribution is 7.15. The summed E-state index contributed by atoms with van der Waals surface area (Å²) in [5.74, 6) is 0.485. The standard InChI is InChI=1S/C28H28N4O3S/c1-3-5-18-9-11-29-24(14-18)32-25-13-17(2)12-22(31-25)23-16-30-27(36-23)28(35)10-4-6-19-15-20(26(33)34)7-8-21(19)28/h7-9,11-16,35H,3-6,10H2,1-2H3,(H,33,34)(H,29,31,32)/t28-/m0/s1. The Hall–Kier alpha value is -3.62. The van der Waals surface area contributed by atoms with Crippen molar-refractivity contribution in [2.75, 3.05) is 5.32 Å². The van der Waals surface area contributed by atoms with Gasteiger partial charge in [-0.25, -0.2) is 19.7 Å². The number of nitrogens with one attached hydrogen (secondary N) is 1. The molecule has 0 saturated heterocycles. The van der Waals surface area contributed by atoms with Crippen molar-refractivity contribution in [1.82, 2.24) is 15.0 Å². The molecule has 8 heteroatoms. The van der Waals surface area contributed by atoms with Gasteiger partial charge in [0, 0.05) is 12.4 Å². The minimum Gasteiger partial charge on any atom is -0.478 e. The molecule has 0 saturated carbocycles. The third-order valence-corrected chi connectivity index (χ3v) is 7.65. The Bertz CT molecular complexity index is 1430. The van der Waals surface area contributed by atoms with E-state index in [-0.39, 0.29) is 5.56 Å². The zero-order chi connectivity index (χ0) is 25.3. The SMILES string of the molecule is CCCc1ccnc(Nc2cc(C)cc(-c3cnc([C@]4(O)CCCc5cc(C(=O)O)ccc54)s3)n2)c1. The van der Waals surface area contributed by atoms with Crippen molar-refractivity contribution in [2.45, 2.75) is 51.6 Å². The third kappa shape index (κ3) is 4.74. The molecule has 184 valence electrons. The average Bonchev–Trinajstić information content (AvgIpc) is 3.35. The largest absolute Gasteiger partial charge is 0.478 e. The highest BCUT2D eigenvalue weighted by Crippen LogP contribution is 2.43. The first-order valence-electron chi connectivity index (χ1n) is 12.1. The Morgan fingerprint density at radius 2 is 2.00 bits per heavy atom. The first-order valence-corrected chi connectivity index (χ1v) is 12.9. The topological polar surface area (TPSA) is 108 Å². The lowest BCUT2D eigenvalue weighted by molar-refractivity contribution is 0.0607. The number of aryl methyl sites for hydroxylation is 3. The number of hydrogen-bond acceptors (Lipinski definition) is 7. The zero-order valence-corrected chi connectivity index (χ0v) is 21.1. The van der Waals surface area contributed by atoms with E-state index in [1.807, 2.05) is 37.4 Å². The number of pyridine rings is 2. The number of aromatic nitrogens is 3. The second-order valence-corrected chi connectivity index (χ2v) is 10.3. The van der Waals surface area contributed by atoms with Crippen LogP contribution in [0.15, 0.2) is 54.9 Å². The molecular weight excluding hydrogens is 472 g/mol. The molecule has 1 atom stereocenters. The van der Waals surface area contributed by atoms with E-state index in [4.69, 9.17) is 4.98 Å². The summed E-state index contributed by atoms with van der Waals surface area (Å²) in [6.07, 6.45) is 7.65. The van der Waals surface area contributed by atoms with Gasteiger partial charge in [0.2, 0.25) is 0 Å². The van der Waals surface area contributed by atoms with Gasteiger partial charge in [0.05, 0.1) is 16.1 Å². The number of aromatic carboxylic acids is 1. The van der Waals surface area contributed by atoms with Crippen molar-refractivity contribution in [1.29, 1.82) is 0 Å². The summed E-state index contributed by atoms with van der Waals surface area (Å²) in [4.78, 5) is 26.1. The number of carboxylic acid groups (broad SMARTS) is 1. The van der Waals surface area contributed by atoms with E-state index in [0.717, 1.165) is 58.8 Å². The van der Waals surface area contributed by atoms with Crippen LogP contribution in [-0.4, -0.2) is 31.1 Å². The van der Waals surface area contributed by atoms with E-state index in [2.05, 4.69) is 22.2 Å². The molecule has 0 amide bonds. The molecule has 1 aliphatic carbocycles. The maximum Gasteiger partial charge on any atom is 0.335 e. The quantitative estimate of drug-likeness (QED) is 0.291. The van der Waals surface area contributed by atoms with Crippen LogP contribution in [0, 0.1) is 6.92 Å². The van der Waals surface area contributed by atoms with Crippen LogP contribution < -0.4 is 5.32 Å². The fourth-order valence-electron chi connectivity index (χ4n) is 4.79. The van der Waals surface area contributed by atoms with E-state index in [9.17, 15) is 15.0 Å². The number of rotatable bonds is 7. The number of carboxylic acids is 1. The van der Waals surface area contributed by atoms with Crippen molar-refractivity contribution >= 4 is 28.9 Å². The summed E-state index contributed by atoms with van der Waals surface area (Å²) in [6, 6.07) is 13.0. The Morgan fingerprint density at radius 1 is 1.14 bits per heavy atom. The van der Waals surface area contributed by atoms with Gasteiger partial charge in [-0.15, -0.1) is 11.3 Å². The van der Waals surface area contributed by atoms with Crippen LogP contribution in [-0.2, 0) is 18.4 Å². The smallest absolute Gasteiger partial charge is 0.335 e. The van der Waals surface area contributed by atoms with Gasteiger partial charge >= 0.3 is 5.97 Å². The molecule has 0 radical (unpaired) electrons. The normalized spacial score (nSPS) is 17.0. The van der Waals surface area contributed by atoms with Crippen LogP contribution in [0.1, 0.15) is 63.8 Å². The molecule has 3 N–H and O–H groups in total. The van der Waals surface area contributed by atoms with Crippen molar-refractivity contribution in [2.24, 2.45) is 0 Å². The monoisotopic (exact) mass is 500 g/mol. The van der Waals surface area contributed by atoms with Crippen LogP contribution >= 0.6 is 11.3 Å². The minimum absolute atomic E-state index is 0.233. The lowest BCUT2D eigenvalue weighted by atomic mass is 9.79. The van der Waals surface area contributed by atoms with Crippen LogP contribution in [0.2, 0.25) is 0 Å². The molecule has 0 aliphatic heterocycles. The van der Waals surface area contributed by atoms with Gasteiger partial charge in [-0.05, 0) is 91.3 Å². The molecule has 7 nitrogen and oxygen atoms in total. The molecule has 0 fully saturated rings. The molecule has 0 bridgehead atoms. The van der Waals surface area contributed by atoms with Crippen molar-refractivity contribution in [3.05, 3.63) is 87.7 Å². The number of benzene rings is 1. The highest BCUT2D eigenvalue weighted by atomic mass is 32.1. The summed E-state index contributed by atoms with van der Waals surface area (Å²) in [7, 11) is 0. The van der Waals surface area contributed by atoms with Gasteiger partial charge in [-0.2, -0.15) is 0 Å². The van der Waals surface area contributed by atoms with Crippen molar-refractivity contribution < 1.29 is 15.0 Å². The number of nitrogens with zero attached hydrogens (tertiary/aromatic N) is 3. The Morgan fingerprint density at radius 3 is 2.81 bits per heavy atom. The molecule has 0 spiro atoms. The highest BCUT2D eigenvalue weighted by Gasteiger charge is 2.39. The molecular formula is C28H28N4O3S. The second-order valence-electron chi connectivity index (χ2n) is 9.26. The number of carbonyl (C=O) groups is 1. The number of fused-ring (bicyclic) bond motifs is 1. The van der Waals surface area contributed by atoms with E-state index in [1.54, 1.807) is 24.4 Å². The van der Waals surface area contributed by atoms with Crippen molar-refractivity contribution in [3.63, 3.8) is 0 Å². The van der Waals surface area contributed by atoms with Crippen LogP contribution in [0.3, 0.4) is 0 Å². The summed E-state index contributed by atoms with van der Waals surface area (Å²) in [5.41, 5.74) is 3.62. The number of thiazole rings is 1. The molecule has 4 aromatic rings. The first kappa shape index (κ1) is 24.1. The number of anilines is 2. The summed E-state index contributed by atoms with van der Waals surface area (Å²) in [5, 5.41) is 25.0. The van der Waals surface area contributed by atoms with E-state index < -0.39 is 11.6 Å². The molecule has 3 heterocycles. The second kappa shape index (κ2) is 9.79. The maximum absolute atomic E-state index is 11.7. The van der Waals surface area contributed by atoms with Gasteiger partial charge in [0.25, 0.3) is 0 Å². The van der Waals surface area contributed by atoms with Crippen molar-refractivity contribution in [3.8, 4) is 10.6 Å². The Kier molecular flexibility index (Phi) is 6.55. The van der Waals surface area contributed by atoms with E-state index >= 15 is 0 Å². The molecule has 0 unspecified atom stereocenters. The summed E-state index contributed by atoms with van der Waals surface area (Å²) < 4.78 is 0. The number of hydrogen-bond donors (Lipinski definition) is 3. The lowest BCUT2D eigenvalue weighted by Gasteiger charge is -2.33. The fourth-order valence-corrected chi connectivity index (χ4v) is 5.80. The van der Waals surface area contributed by atoms with Gasteiger partial charge in [0.15, 0.2) is 0 Å². The number of aliphatic hydroxyl groups is 1. The zero-order valence-electron chi connectivity index (χ0n) is 20.3. The van der Waals surface area contributed by atoms with Crippen LogP contribution in [0.4, 0.5) is 11.6 Å². The molecule has 3 aromatic heterocycles. The van der Waals surface area contributed by atoms with E-state index in [1.165, 1.54) is 16.9 Å². The maximum atomic E-state index is 11.7. The Balaban J connectivity index is 1.45. The lowest BCUT2D eigenvalue weighted by Crippen LogP contribution is -2.32. The van der Waals surface area contributed by atoms with Gasteiger partial charge in [0.1, 0.15) is 22.2 Å². The van der Waals surface area contributed by atoms with Crippen LogP contribution in [0.25, 0.3) is 10.6 Å². The first-order chi connectivity index (χ1) is 17.4.